The van der Waals surface area contributed by atoms with Gasteiger partial charge in [-0.15, -0.1) is 10.2 Å². The number of hydrogen-bond acceptors (Lipinski definition) is 4. The molecule has 2 aromatic carbocycles. The average Bonchev–Trinajstić information content (AvgIpc) is 2.69. The van der Waals surface area contributed by atoms with Gasteiger partial charge in [-0.25, -0.2) is 0 Å². The molecule has 5 heteroatoms. The molecule has 0 aliphatic heterocycles. The second-order valence-corrected chi connectivity index (χ2v) is 6.04. The normalized spacial score (nSPS) is 11.6. The Labute approximate surface area is 153 Å². The summed E-state index contributed by atoms with van der Waals surface area (Å²) in [6.07, 6.45) is 0.889. The molecular formula is C21H21N3O2. The molecule has 0 saturated carbocycles. The summed E-state index contributed by atoms with van der Waals surface area (Å²) in [6.45, 7) is 4.02. The SMILES string of the molecule is CCC(C)NC(=O)c1cccc(-c2ccc(Oc3ccccc3)nn2)c1. The predicted octanol–water partition coefficient (Wildman–Crippen LogP) is 4.46. The van der Waals surface area contributed by atoms with E-state index in [1.807, 2.05) is 68.4 Å². The van der Waals surface area contributed by atoms with Crippen LogP contribution in [0.3, 0.4) is 0 Å². The maximum Gasteiger partial charge on any atom is 0.251 e. The molecule has 0 aliphatic rings. The molecule has 26 heavy (non-hydrogen) atoms. The lowest BCUT2D eigenvalue weighted by molar-refractivity contribution is 0.0939. The van der Waals surface area contributed by atoms with Crippen molar-refractivity contribution in [2.24, 2.45) is 0 Å². The molecule has 1 heterocycles. The standard InChI is InChI=1S/C21H21N3O2/c1-3-15(2)22-21(25)17-9-7-8-16(14-17)19-12-13-20(24-23-19)26-18-10-5-4-6-11-18/h4-15H,3H2,1-2H3,(H,22,25). The number of para-hydroxylation sites is 1. The highest BCUT2D eigenvalue weighted by Gasteiger charge is 2.10. The van der Waals surface area contributed by atoms with Crippen LogP contribution in [0.25, 0.3) is 11.3 Å². The van der Waals surface area contributed by atoms with Crippen LogP contribution >= 0.6 is 0 Å². The molecule has 0 bridgehead atoms. The zero-order chi connectivity index (χ0) is 18.4. The average molecular weight is 347 g/mol. The Morgan fingerprint density at radius 3 is 2.54 bits per heavy atom. The van der Waals surface area contributed by atoms with E-state index in [1.165, 1.54) is 0 Å². The van der Waals surface area contributed by atoms with Gasteiger partial charge in [0.05, 0.1) is 5.69 Å². The molecule has 1 atom stereocenters. The van der Waals surface area contributed by atoms with Crippen LogP contribution in [-0.4, -0.2) is 22.1 Å². The third kappa shape index (κ3) is 4.45. The van der Waals surface area contributed by atoms with Gasteiger partial charge in [-0.1, -0.05) is 37.3 Å². The van der Waals surface area contributed by atoms with E-state index in [2.05, 4.69) is 15.5 Å². The summed E-state index contributed by atoms with van der Waals surface area (Å²) in [4.78, 5) is 12.3. The molecule has 1 unspecified atom stereocenters. The number of nitrogens with zero attached hydrogens (tertiary/aromatic N) is 2. The highest BCUT2D eigenvalue weighted by molar-refractivity contribution is 5.95. The quantitative estimate of drug-likeness (QED) is 0.715. The minimum Gasteiger partial charge on any atom is -0.438 e. The number of nitrogens with one attached hydrogen (secondary N) is 1. The lowest BCUT2D eigenvalue weighted by Gasteiger charge is -2.12. The van der Waals surface area contributed by atoms with E-state index in [0.717, 1.165) is 12.0 Å². The van der Waals surface area contributed by atoms with Crippen molar-refractivity contribution < 1.29 is 9.53 Å². The number of carbonyl (C=O) groups excluding carboxylic acids is 1. The first-order chi connectivity index (χ1) is 12.7. The number of benzene rings is 2. The molecule has 0 aliphatic carbocycles. The van der Waals surface area contributed by atoms with E-state index in [0.29, 0.717) is 22.9 Å². The van der Waals surface area contributed by atoms with Gasteiger partial charge in [-0.2, -0.15) is 0 Å². The van der Waals surface area contributed by atoms with Crippen LogP contribution in [0.2, 0.25) is 0 Å². The van der Waals surface area contributed by atoms with Gasteiger partial charge in [0.25, 0.3) is 5.91 Å². The Morgan fingerprint density at radius 2 is 1.85 bits per heavy atom. The molecule has 0 spiro atoms. The van der Waals surface area contributed by atoms with Crippen molar-refractivity contribution in [2.45, 2.75) is 26.3 Å². The van der Waals surface area contributed by atoms with Gasteiger partial charge in [0.15, 0.2) is 0 Å². The van der Waals surface area contributed by atoms with Gasteiger partial charge in [0.2, 0.25) is 5.88 Å². The lowest BCUT2D eigenvalue weighted by atomic mass is 10.1. The summed E-state index contributed by atoms with van der Waals surface area (Å²) in [5.41, 5.74) is 2.12. The van der Waals surface area contributed by atoms with E-state index in [4.69, 9.17) is 4.74 Å². The Bertz CT molecular complexity index is 864. The molecule has 1 N–H and O–H groups in total. The molecule has 3 aromatic rings. The summed E-state index contributed by atoms with van der Waals surface area (Å²) in [7, 11) is 0. The predicted molar refractivity (Wildman–Crippen MR) is 101 cm³/mol. The van der Waals surface area contributed by atoms with Crippen LogP contribution in [0.5, 0.6) is 11.6 Å². The largest absolute Gasteiger partial charge is 0.438 e. The summed E-state index contributed by atoms with van der Waals surface area (Å²) in [6, 6.07) is 20.5. The molecular weight excluding hydrogens is 326 g/mol. The molecule has 0 saturated heterocycles. The van der Waals surface area contributed by atoms with E-state index in [9.17, 15) is 4.79 Å². The van der Waals surface area contributed by atoms with Crippen molar-refractivity contribution in [3.05, 3.63) is 72.3 Å². The first-order valence-corrected chi connectivity index (χ1v) is 8.63. The zero-order valence-corrected chi connectivity index (χ0v) is 14.8. The van der Waals surface area contributed by atoms with Gasteiger partial charge < -0.3 is 10.1 Å². The number of amides is 1. The maximum atomic E-state index is 12.3. The van der Waals surface area contributed by atoms with E-state index < -0.39 is 0 Å². The van der Waals surface area contributed by atoms with Gasteiger partial charge in [-0.3, -0.25) is 4.79 Å². The minimum atomic E-state index is -0.0850. The summed E-state index contributed by atoms with van der Waals surface area (Å²) >= 11 is 0. The van der Waals surface area contributed by atoms with Crippen LogP contribution < -0.4 is 10.1 Å². The van der Waals surface area contributed by atoms with E-state index >= 15 is 0 Å². The Kier molecular flexibility index (Phi) is 5.59. The van der Waals surface area contributed by atoms with Gasteiger partial charge in [0, 0.05) is 23.2 Å². The third-order valence-electron chi connectivity index (χ3n) is 4.02. The number of ether oxygens (including phenoxy) is 1. The highest BCUT2D eigenvalue weighted by atomic mass is 16.5. The number of carbonyl (C=O) groups is 1. The molecule has 1 amide bonds. The van der Waals surface area contributed by atoms with Gasteiger partial charge in [-0.05, 0) is 43.7 Å². The minimum absolute atomic E-state index is 0.0850. The smallest absolute Gasteiger partial charge is 0.251 e. The molecule has 132 valence electrons. The number of aromatic nitrogens is 2. The fourth-order valence-electron chi connectivity index (χ4n) is 2.37. The van der Waals surface area contributed by atoms with Crippen molar-refractivity contribution in [1.82, 2.24) is 15.5 Å². The summed E-state index contributed by atoms with van der Waals surface area (Å²) in [5, 5.41) is 11.3. The van der Waals surface area contributed by atoms with Crippen LogP contribution in [0.15, 0.2) is 66.7 Å². The van der Waals surface area contributed by atoms with Crippen LogP contribution in [0, 0.1) is 0 Å². The fraction of sp³-hybridized carbons (Fsp3) is 0.190. The van der Waals surface area contributed by atoms with Crippen molar-refractivity contribution in [2.75, 3.05) is 0 Å². The van der Waals surface area contributed by atoms with Crippen molar-refractivity contribution in [3.63, 3.8) is 0 Å². The van der Waals surface area contributed by atoms with E-state index in [1.54, 1.807) is 12.1 Å². The molecule has 0 radical (unpaired) electrons. The highest BCUT2D eigenvalue weighted by Crippen LogP contribution is 2.22. The molecule has 5 nitrogen and oxygen atoms in total. The topological polar surface area (TPSA) is 64.1 Å². The summed E-state index contributed by atoms with van der Waals surface area (Å²) < 4.78 is 5.65. The van der Waals surface area contributed by atoms with E-state index in [-0.39, 0.29) is 11.9 Å². The van der Waals surface area contributed by atoms with Crippen molar-refractivity contribution in [3.8, 4) is 22.9 Å². The molecule has 1 aromatic heterocycles. The molecule has 0 fully saturated rings. The number of hydrogen-bond donors (Lipinski definition) is 1. The second kappa shape index (κ2) is 8.25. The van der Waals surface area contributed by atoms with Crippen LogP contribution in [0.4, 0.5) is 0 Å². The fourth-order valence-corrected chi connectivity index (χ4v) is 2.37. The Morgan fingerprint density at radius 1 is 1.04 bits per heavy atom. The Hall–Kier alpha value is -3.21. The Balaban J connectivity index is 1.75. The monoisotopic (exact) mass is 347 g/mol. The lowest BCUT2D eigenvalue weighted by Crippen LogP contribution is -2.31. The first-order valence-electron chi connectivity index (χ1n) is 8.63. The van der Waals surface area contributed by atoms with Crippen LogP contribution in [-0.2, 0) is 0 Å². The second-order valence-electron chi connectivity index (χ2n) is 6.04. The first kappa shape index (κ1) is 17.6. The molecule has 3 rings (SSSR count). The van der Waals surface area contributed by atoms with Crippen molar-refractivity contribution in [1.29, 1.82) is 0 Å². The zero-order valence-electron chi connectivity index (χ0n) is 14.8. The summed E-state index contributed by atoms with van der Waals surface area (Å²) in [5.74, 6) is 1.04. The van der Waals surface area contributed by atoms with Gasteiger partial charge in [0.1, 0.15) is 5.75 Å². The van der Waals surface area contributed by atoms with Crippen LogP contribution in [0.1, 0.15) is 30.6 Å². The maximum absolute atomic E-state index is 12.3. The number of rotatable bonds is 6. The van der Waals surface area contributed by atoms with Crippen molar-refractivity contribution >= 4 is 5.91 Å². The third-order valence-corrected chi connectivity index (χ3v) is 4.02. The van der Waals surface area contributed by atoms with Gasteiger partial charge >= 0.3 is 0 Å².